The molecule has 4 nitrogen and oxygen atoms in total. The van der Waals surface area contributed by atoms with Crippen molar-refractivity contribution in [3.8, 4) is 0 Å². The van der Waals surface area contributed by atoms with Crippen molar-refractivity contribution in [2.75, 3.05) is 0 Å². The number of allylic oxidation sites excluding steroid dienone is 2. The number of rotatable bonds is 5. The van der Waals surface area contributed by atoms with Crippen LogP contribution in [0.3, 0.4) is 0 Å². The van der Waals surface area contributed by atoms with Gasteiger partial charge in [-0.05, 0) is 62.0 Å². The van der Waals surface area contributed by atoms with Crippen LogP contribution in [0.2, 0.25) is 0 Å². The average molecular weight is 286 g/mol. The molecule has 1 aromatic heterocycles. The minimum absolute atomic E-state index is 0.160. The van der Waals surface area contributed by atoms with Gasteiger partial charge in [-0.2, -0.15) is 0 Å². The van der Waals surface area contributed by atoms with Crippen molar-refractivity contribution in [1.82, 2.24) is 4.98 Å². The number of aliphatic carboxylic acids is 1. The fourth-order valence-corrected chi connectivity index (χ4v) is 2.81. The number of hydrogen-bond acceptors (Lipinski definition) is 2. The maximum atomic E-state index is 10.8. The number of aliphatic imine (C=N–C) groups is 1. The lowest BCUT2D eigenvalue weighted by Gasteiger charge is -2.02. The van der Waals surface area contributed by atoms with Gasteiger partial charge in [0.05, 0.1) is 5.70 Å². The Morgan fingerprint density at radius 3 is 2.71 bits per heavy atom. The second-order valence-corrected chi connectivity index (χ2v) is 5.46. The van der Waals surface area contributed by atoms with Crippen LogP contribution in [0.25, 0.3) is 6.08 Å². The minimum atomic E-state index is -0.762. The van der Waals surface area contributed by atoms with Crippen molar-refractivity contribution in [3.05, 3.63) is 39.4 Å². The lowest BCUT2D eigenvalue weighted by molar-refractivity contribution is -0.136. The second-order valence-electron chi connectivity index (χ2n) is 5.46. The monoisotopic (exact) mass is 286 g/mol. The number of aryl methyl sites for hydroxylation is 1. The fraction of sp³-hybridized carbons (Fsp3) is 0.412. The first-order valence-electron chi connectivity index (χ1n) is 7.29. The Morgan fingerprint density at radius 2 is 2.10 bits per heavy atom. The van der Waals surface area contributed by atoms with E-state index in [2.05, 4.69) is 29.9 Å². The summed E-state index contributed by atoms with van der Waals surface area (Å²) in [6.45, 7) is 8.24. The molecule has 2 rings (SSSR count). The number of nitrogens with zero attached hydrogens (tertiary/aromatic N) is 1. The van der Waals surface area contributed by atoms with Crippen LogP contribution in [-0.2, 0) is 11.2 Å². The van der Waals surface area contributed by atoms with E-state index < -0.39 is 5.97 Å². The number of aromatic amines is 1. The lowest BCUT2D eigenvalue weighted by Crippen LogP contribution is -1.98. The molecule has 21 heavy (non-hydrogen) atoms. The van der Waals surface area contributed by atoms with Gasteiger partial charge >= 0.3 is 5.97 Å². The molecule has 0 amide bonds. The maximum Gasteiger partial charge on any atom is 0.303 e. The summed E-state index contributed by atoms with van der Waals surface area (Å²) in [6, 6.07) is 0. The van der Waals surface area contributed by atoms with E-state index in [1.807, 2.05) is 20.1 Å². The van der Waals surface area contributed by atoms with Gasteiger partial charge in [-0.15, -0.1) is 0 Å². The van der Waals surface area contributed by atoms with Crippen LogP contribution in [0.15, 0.2) is 21.8 Å². The highest BCUT2D eigenvalue weighted by atomic mass is 16.4. The van der Waals surface area contributed by atoms with Crippen molar-refractivity contribution in [2.24, 2.45) is 4.99 Å². The largest absolute Gasteiger partial charge is 0.481 e. The summed E-state index contributed by atoms with van der Waals surface area (Å²) in [5.74, 6) is -0.762. The zero-order chi connectivity index (χ0) is 15.6. The van der Waals surface area contributed by atoms with Gasteiger partial charge in [-0.3, -0.25) is 9.79 Å². The van der Waals surface area contributed by atoms with E-state index in [1.165, 1.54) is 11.1 Å². The Morgan fingerprint density at radius 1 is 1.38 bits per heavy atom. The van der Waals surface area contributed by atoms with Gasteiger partial charge < -0.3 is 10.1 Å². The van der Waals surface area contributed by atoms with Crippen LogP contribution in [0.1, 0.15) is 49.2 Å². The number of H-pyrrole nitrogens is 1. The normalized spacial score (nSPS) is 16.3. The zero-order valence-electron chi connectivity index (χ0n) is 13.1. The van der Waals surface area contributed by atoms with Crippen molar-refractivity contribution in [2.45, 2.75) is 47.0 Å². The van der Waals surface area contributed by atoms with Crippen LogP contribution in [0.4, 0.5) is 0 Å². The number of aromatic nitrogens is 1. The first-order valence-corrected chi connectivity index (χ1v) is 7.29. The smallest absolute Gasteiger partial charge is 0.303 e. The van der Waals surface area contributed by atoms with Crippen LogP contribution in [0.5, 0.6) is 0 Å². The van der Waals surface area contributed by atoms with Gasteiger partial charge in [-0.25, -0.2) is 0 Å². The predicted octanol–water partition coefficient (Wildman–Crippen LogP) is 3.80. The third-order valence-electron chi connectivity index (χ3n) is 4.04. The molecular formula is C17H22N2O2. The van der Waals surface area contributed by atoms with Crippen LogP contribution < -0.4 is 0 Å². The number of carbonyl (C=O) groups is 1. The molecule has 0 fully saturated rings. The first kappa shape index (κ1) is 15.3. The van der Waals surface area contributed by atoms with Gasteiger partial charge in [0, 0.05) is 24.0 Å². The molecule has 0 radical (unpaired) electrons. The first-order chi connectivity index (χ1) is 9.93. The number of carboxylic acid groups (broad SMARTS) is 1. The van der Waals surface area contributed by atoms with Gasteiger partial charge in [0.2, 0.25) is 0 Å². The molecule has 2 N–H and O–H groups in total. The Hall–Kier alpha value is -2.10. The van der Waals surface area contributed by atoms with Crippen LogP contribution in [0, 0.1) is 13.8 Å². The number of carboxylic acids is 1. The second kappa shape index (κ2) is 6.12. The predicted molar refractivity (Wildman–Crippen MR) is 85.7 cm³/mol. The van der Waals surface area contributed by atoms with Gasteiger partial charge in [0.15, 0.2) is 0 Å². The third kappa shape index (κ3) is 3.15. The molecular weight excluding hydrogens is 264 g/mol. The molecule has 1 aliphatic heterocycles. The third-order valence-corrected chi connectivity index (χ3v) is 4.04. The van der Waals surface area contributed by atoms with Gasteiger partial charge in [0.25, 0.3) is 0 Å². The topological polar surface area (TPSA) is 65.5 Å². The van der Waals surface area contributed by atoms with Crippen molar-refractivity contribution < 1.29 is 9.90 Å². The molecule has 0 bridgehead atoms. The summed E-state index contributed by atoms with van der Waals surface area (Å²) < 4.78 is 0. The summed E-state index contributed by atoms with van der Waals surface area (Å²) in [6.07, 6.45) is 5.65. The number of hydrogen-bond donors (Lipinski definition) is 2. The standard InChI is InChI=1S/C17H22N2O2/c1-5-13-10(2)9-18-16(13)8-15-11(3)14(12(4)19-15)6-7-17(20)21/h8-9,19H,5-7H2,1-4H3,(H,20,21)/b16-8-. The highest BCUT2D eigenvalue weighted by molar-refractivity contribution is 5.87. The summed E-state index contributed by atoms with van der Waals surface area (Å²) >= 11 is 0. The zero-order valence-corrected chi connectivity index (χ0v) is 13.1. The molecule has 0 saturated heterocycles. The van der Waals surface area contributed by atoms with E-state index in [0.29, 0.717) is 6.42 Å². The minimum Gasteiger partial charge on any atom is -0.481 e. The number of nitrogens with one attached hydrogen (secondary N) is 1. The molecule has 0 saturated carbocycles. The molecule has 2 heterocycles. The van der Waals surface area contributed by atoms with E-state index in [1.54, 1.807) is 0 Å². The van der Waals surface area contributed by atoms with E-state index in [-0.39, 0.29) is 6.42 Å². The molecule has 0 aliphatic carbocycles. The summed E-state index contributed by atoms with van der Waals surface area (Å²) in [7, 11) is 0. The fourth-order valence-electron chi connectivity index (χ4n) is 2.81. The maximum absolute atomic E-state index is 10.8. The van der Waals surface area contributed by atoms with Gasteiger partial charge in [-0.1, -0.05) is 6.92 Å². The Bertz CT molecular complexity index is 661. The summed E-state index contributed by atoms with van der Waals surface area (Å²) in [4.78, 5) is 18.6. The molecule has 0 atom stereocenters. The molecule has 0 spiro atoms. The van der Waals surface area contributed by atoms with E-state index in [0.717, 1.165) is 34.6 Å². The van der Waals surface area contributed by atoms with E-state index in [9.17, 15) is 4.79 Å². The highest BCUT2D eigenvalue weighted by Crippen LogP contribution is 2.28. The van der Waals surface area contributed by atoms with Crippen LogP contribution in [-0.4, -0.2) is 22.3 Å². The SMILES string of the molecule is CCC1=C(C)C=N/C1=C\c1[nH]c(C)c(CCC(=O)O)c1C. The molecule has 1 aromatic rings. The Balaban J connectivity index is 2.32. The molecule has 4 heteroatoms. The van der Waals surface area contributed by atoms with E-state index >= 15 is 0 Å². The summed E-state index contributed by atoms with van der Waals surface area (Å²) in [5.41, 5.74) is 7.79. The Kier molecular flexibility index (Phi) is 4.46. The Labute approximate surface area is 125 Å². The molecule has 112 valence electrons. The van der Waals surface area contributed by atoms with Crippen molar-refractivity contribution >= 4 is 18.3 Å². The summed E-state index contributed by atoms with van der Waals surface area (Å²) in [5, 5.41) is 8.84. The highest BCUT2D eigenvalue weighted by Gasteiger charge is 2.15. The van der Waals surface area contributed by atoms with Crippen molar-refractivity contribution in [1.29, 1.82) is 0 Å². The van der Waals surface area contributed by atoms with Gasteiger partial charge in [0.1, 0.15) is 0 Å². The van der Waals surface area contributed by atoms with Crippen LogP contribution >= 0.6 is 0 Å². The quantitative estimate of drug-likeness (QED) is 0.864. The van der Waals surface area contributed by atoms with Crippen molar-refractivity contribution in [3.63, 3.8) is 0 Å². The molecule has 0 unspecified atom stereocenters. The molecule has 0 aromatic carbocycles. The van der Waals surface area contributed by atoms with E-state index in [4.69, 9.17) is 5.11 Å². The molecule has 1 aliphatic rings. The lowest BCUT2D eigenvalue weighted by atomic mass is 10.0. The average Bonchev–Trinajstić information content (AvgIpc) is 2.89.